The van der Waals surface area contributed by atoms with Gasteiger partial charge in [-0.05, 0) is 50.2 Å². The third-order valence-corrected chi connectivity index (χ3v) is 3.84. The second-order valence-electron chi connectivity index (χ2n) is 6.01. The van der Waals surface area contributed by atoms with Gasteiger partial charge in [0.25, 0.3) is 0 Å². The van der Waals surface area contributed by atoms with E-state index in [4.69, 9.17) is 23.2 Å². The molecule has 0 spiro atoms. The minimum absolute atomic E-state index is 0.00250. The number of aromatic carboxylic acids is 1. The van der Waals surface area contributed by atoms with Crippen LogP contribution in [-0.4, -0.2) is 34.9 Å². The molecule has 2 unspecified atom stereocenters. The van der Waals surface area contributed by atoms with E-state index < -0.39 is 5.97 Å². The van der Waals surface area contributed by atoms with Crippen LogP contribution in [-0.2, 0) is 0 Å². The lowest BCUT2D eigenvalue weighted by molar-refractivity contribution is 0.0697. The number of anilines is 1. The molecule has 2 aromatic carbocycles. The van der Waals surface area contributed by atoms with Gasteiger partial charge in [-0.3, -0.25) is 0 Å². The van der Waals surface area contributed by atoms with Crippen molar-refractivity contribution in [3.63, 3.8) is 0 Å². The molecule has 2 atom stereocenters. The standard InChI is InChI=1S/C19H21Cl2N3O2/c1-13(20)11-24(12-14(2)21)16-9-7-15(8-10-16)22-23-18-6-4-3-5-17(18)19(25)26/h3-10,13-14H,11-12H2,1-2H3,(H,25,26). The molecule has 0 aromatic heterocycles. The summed E-state index contributed by atoms with van der Waals surface area (Å²) in [4.78, 5) is 13.3. The van der Waals surface area contributed by atoms with Gasteiger partial charge < -0.3 is 10.0 Å². The third kappa shape index (κ3) is 6.00. The number of halogens is 2. The largest absolute Gasteiger partial charge is 0.478 e. The van der Waals surface area contributed by atoms with Crippen molar-refractivity contribution in [1.82, 2.24) is 0 Å². The molecule has 2 aromatic rings. The van der Waals surface area contributed by atoms with Crippen LogP contribution in [0.1, 0.15) is 24.2 Å². The molecule has 0 bridgehead atoms. The zero-order valence-corrected chi connectivity index (χ0v) is 16.2. The Morgan fingerprint density at radius 3 is 2.12 bits per heavy atom. The van der Waals surface area contributed by atoms with Crippen LogP contribution in [0, 0.1) is 0 Å². The van der Waals surface area contributed by atoms with E-state index in [1.54, 1.807) is 18.2 Å². The fourth-order valence-corrected chi connectivity index (χ4v) is 2.81. The Kier molecular flexibility index (Phi) is 7.42. The molecule has 0 saturated carbocycles. The van der Waals surface area contributed by atoms with Crippen molar-refractivity contribution in [1.29, 1.82) is 0 Å². The molecule has 2 rings (SSSR count). The molecule has 7 heteroatoms. The van der Waals surface area contributed by atoms with E-state index in [0.717, 1.165) is 5.69 Å². The Balaban J connectivity index is 2.17. The van der Waals surface area contributed by atoms with E-state index in [0.29, 0.717) is 24.5 Å². The Hall–Kier alpha value is -2.11. The van der Waals surface area contributed by atoms with Crippen LogP contribution in [0.5, 0.6) is 0 Å². The first-order valence-corrected chi connectivity index (χ1v) is 9.11. The zero-order chi connectivity index (χ0) is 19.1. The highest BCUT2D eigenvalue weighted by molar-refractivity contribution is 6.21. The van der Waals surface area contributed by atoms with Gasteiger partial charge in [-0.15, -0.1) is 28.3 Å². The molecule has 5 nitrogen and oxygen atoms in total. The Morgan fingerprint density at radius 1 is 1.00 bits per heavy atom. The van der Waals surface area contributed by atoms with Gasteiger partial charge in [0.2, 0.25) is 0 Å². The lowest BCUT2D eigenvalue weighted by atomic mass is 10.2. The average Bonchev–Trinajstić information content (AvgIpc) is 2.59. The smallest absolute Gasteiger partial charge is 0.337 e. The third-order valence-electron chi connectivity index (χ3n) is 3.57. The van der Waals surface area contributed by atoms with Crippen LogP contribution < -0.4 is 4.90 Å². The number of hydrogen-bond acceptors (Lipinski definition) is 4. The van der Waals surface area contributed by atoms with Gasteiger partial charge in [-0.25, -0.2) is 4.79 Å². The molecule has 0 saturated heterocycles. The highest BCUT2D eigenvalue weighted by Gasteiger charge is 2.12. The first kappa shape index (κ1) is 20.2. The minimum atomic E-state index is -1.03. The molecule has 0 aliphatic carbocycles. The Bertz CT molecular complexity index is 752. The lowest BCUT2D eigenvalue weighted by Crippen LogP contribution is -2.33. The predicted octanol–water partition coefficient (Wildman–Crippen LogP) is 5.86. The van der Waals surface area contributed by atoms with Crippen molar-refractivity contribution in [2.24, 2.45) is 10.2 Å². The monoisotopic (exact) mass is 393 g/mol. The van der Waals surface area contributed by atoms with Crippen LogP contribution in [0.25, 0.3) is 0 Å². The first-order valence-electron chi connectivity index (χ1n) is 8.24. The Morgan fingerprint density at radius 2 is 1.58 bits per heavy atom. The zero-order valence-electron chi connectivity index (χ0n) is 14.6. The van der Waals surface area contributed by atoms with Crippen LogP contribution in [0.4, 0.5) is 17.1 Å². The van der Waals surface area contributed by atoms with Gasteiger partial charge in [0, 0.05) is 29.5 Å². The summed E-state index contributed by atoms with van der Waals surface area (Å²) < 4.78 is 0. The van der Waals surface area contributed by atoms with Crippen LogP contribution >= 0.6 is 23.2 Å². The predicted molar refractivity (Wildman–Crippen MR) is 107 cm³/mol. The minimum Gasteiger partial charge on any atom is -0.478 e. The topological polar surface area (TPSA) is 65.3 Å². The molecule has 0 aliphatic heterocycles. The van der Waals surface area contributed by atoms with Gasteiger partial charge >= 0.3 is 5.97 Å². The molecule has 138 valence electrons. The molecule has 0 radical (unpaired) electrons. The van der Waals surface area contributed by atoms with E-state index >= 15 is 0 Å². The molecule has 0 aliphatic rings. The fourth-order valence-electron chi connectivity index (χ4n) is 2.48. The number of benzene rings is 2. The highest BCUT2D eigenvalue weighted by Crippen LogP contribution is 2.25. The summed E-state index contributed by atoms with van der Waals surface area (Å²) in [5.74, 6) is -1.03. The molecule has 0 heterocycles. The highest BCUT2D eigenvalue weighted by atomic mass is 35.5. The molecule has 1 N–H and O–H groups in total. The number of azo groups is 1. The molecule has 0 amide bonds. The first-order chi connectivity index (χ1) is 12.4. The van der Waals surface area contributed by atoms with E-state index in [2.05, 4.69) is 15.1 Å². The quantitative estimate of drug-likeness (QED) is 0.450. The number of nitrogens with zero attached hydrogens (tertiary/aromatic N) is 3. The van der Waals surface area contributed by atoms with E-state index in [1.165, 1.54) is 6.07 Å². The number of carboxylic acids is 1. The van der Waals surface area contributed by atoms with Crippen molar-refractivity contribution < 1.29 is 9.90 Å². The number of alkyl halides is 2. The van der Waals surface area contributed by atoms with Gasteiger partial charge in [0.1, 0.15) is 5.69 Å². The number of carboxylic acid groups (broad SMARTS) is 1. The number of carbonyl (C=O) groups is 1. The molecular weight excluding hydrogens is 373 g/mol. The van der Waals surface area contributed by atoms with E-state index in [1.807, 2.05) is 38.1 Å². The van der Waals surface area contributed by atoms with Gasteiger partial charge in [0.15, 0.2) is 0 Å². The fraction of sp³-hybridized carbons (Fsp3) is 0.316. The lowest BCUT2D eigenvalue weighted by Gasteiger charge is -2.27. The van der Waals surface area contributed by atoms with Crippen molar-refractivity contribution in [3.8, 4) is 0 Å². The summed E-state index contributed by atoms with van der Waals surface area (Å²) in [6.07, 6.45) is 0. The molecular formula is C19H21Cl2N3O2. The van der Waals surface area contributed by atoms with Crippen molar-refractivity contribution >= 4 is 46.2 Å². The van der Waals surface area contributed by atoms with Gasteiger partial charge in [0.05, 0.1) is 11.3 Å². The van der Waals surface area contributed by atoms with Crippen LogP contribution in [0.3, 0.4) is 0 Å². The molecule has 26 heavy (non-hydrogen) atoms. The number of rotatable bonds is 8. The maximum atomic E-state index is 11.2. The Labute approximate surface area is 163 Å². The van der Waals surface area contributed by atoms with E-state index in [9.17, 15) is 9.90 Å². The SMILES string of the molecule is CC(Cl)CN(CC(C)Cl)c1ccc(N=Nc2ccccc2C(=O)O)cc1. The van der Waals surface area contributed by atoms with Gasteiger partial charge in [-0.2, -0.15) is 5.11 Å². The van der Waals surface area contributed by atoms with Crippen LogP contribution in [0.2, 0.25) is 0 Å². The summed E-state index contributed by atoms with van der Waals surface area (Å²) in [7, 11) is 0. The summed E-state index contributed by atoms with van der Waals surface area (Å²) in [6, 6.07) is 14.0. The molecule has 0 fully saturated rings. The van der Waals surface area contributed by atoms with Crippen molar-refractivity contribution in [3.05, 3.63) is 54.1 Å². The van der Waals surface area contributed by atoms with Crippen molar-refractivity contribution in [2.75, 3.05) is 18.0 Å². The summed E-state index contributed by atoms with van der Waals surface area (Å²) in [5.41, 5.74) is 2.06. The summed E-state index contributed by atoms with van der Waals surface area (Å²) in [5, 5.41) is 17.4. The second-order valence-corrected chi connectivity index (χ2v) is 7.50. The van der Waals surface area contributed by atoms with Gasteiger partial charge in [-0.1, -0.05) is 12.1 Å². The number of hydrogen-bond donors (Lipinski definition) is 1. The summed E-state index contributed by atoms with van der Waals surface area (Å²) >= 11 is 12.3. The average molecular weight is 394 g/mol. The van der Waals surface area contributed by atoms with E-state index in [-0.39, 0.29) is 16.3 Å². The maximum absolute atomic E-state index is 11.2. The normalized spacial score (nSPS) is 13.5. The van der Waals surface area contributed by atoms with Crippen molar-refractivity contribution in [2.45, 2.75) is 24.6 Å². The maximum Gasteiger partial charge on any atom is 0.337 e. The summed E-state index contributed by atoms with van der Waals surface area (Å²) in [6.45, 7) is 5.25. The second kappa shape index (κ2) is 9.55. The van der Waals surface area contributed by atoms with Crippen LogP contribution in [0.15, 0.2) is 58.8 Å².